The molecule has 0 aromatic heterocycles. The topological polar surface area (TPSA) is 66.4 Å². The first-order chi connectivity index (χ1) is 11.6. The SMILES string of the molecule is CCCC(CNC(=O)c1ccccc1Cc1ccccc1)C(=O)O. The third kappa shape index (κ3) is 4.95. The van der Waals surface area contributed by atoms with Gasteiger partial charge in [0.05, 0.1) is 5.92 Å². The molecule has 2 aromatic carbocycles. The maximum absolute atomic E-state index is 12.5. The van der Waals surface area contributed by atoms with Crippen molar-refractivity contribution in [2.75, 3.05) is 6.54 Å². The van der Waals surface area contributed by atoms with Crippen molar-refractivity contribution in [1.29, 1.82) is 0 Å². The Morgan fingerprint density at radius 3 is 2.38 bits per heavy atom. The zero-order chi connectivity index (χ0) is 17.4. The number of carbonyl (C=O) groups excluding carboxylic acids is 1. The van der Waals surface area contributed by atoms with Gasteiger partial charge in [0.15, 0.2) is 0 Å². The normalized spacial score (nSPS) is 11.7. The molecule has 126 valence electrons. The summed E-state index contributed by atoms with van der Waals surface area (Å²) in [6.07, 6.45) is 2.00. The lowest BCUT2D eigenvalue weighted by Gasteiger charge is -2.14. The van der Waals surface area contributed by atoms with E-state index in [0.717, 1.165) is 17.5 Å². The summed E-state index contributed by atoms with van der Waals surface area (Å²) in [7, 11) is 0. The lowest BCUT2D eigenvalue weighted by atomic mass is 9.99. The van der Waals surface area contributed by atoms with Gasteiger partial charge < -0.3 is 10.4 Å². The largest absolute Gasteiger partial charge is 0.481 e. The number of amides is 1. The molecule has 1 atom stereocenters. The quantitative estimate of drug-likeness (QED) is 0.780. The van der Waals surface area contributed by atoms with Gasteiger partial charge in [0.2, 0.25) is 0 Å². The average molecular weight is 325 g/mol. The first kappa shape index (κ1) is 17.7. The second kappa shape index (κ2) is 8.87. The Hall–Kier alpha value is -2.62. The highest BCUT2D eigenvalue weighted by molar-refractivity contribution is 5.96. The number of carboxylic acid groups (broad SMARTS) is 1. The van der Waals surface area contributed by atoms with Gasteiger partial charge in [-0.3, -0.25) is 9.59 Å². The molecule has 0 aliphatic heterocycles. The van der Waals surface area contributed by atoms with Crippen LogP contribution in [0.1, 0.15) is 41.3 Å². The van der Waals surface area contributed by atoms with E-state index in [1.165, 1.54) is 0 Å². The van der Waals surface area contributed by atoms with E-state index in [2.05, 4.69) is 5.32 Å². The molecule has 1 amide bonds. The summed E-state index contributed by atoms with van der Waals surface area (Å²) in [4.78, 5) is 23.7. The molecule has 0 saturated heterocycles. The van der Waals surface area contributed by atoms with E-state index >= 15 is 0 Å². The van der Waals surface area contributed by atoms with Crippen molar-refractivity contribution in [3.05, 3.63) is 71.3 Å². The molecular formula is C20H23NO3. The molecule has 0 aliphatic rings. The molecule has 0 fully saturated rings. The summed E-state index contributed by atoms with van der Waals surface area (Å²) in [5.74, 6) is -1.63. The third-order valence-electron chi connectivity index (χ3n) is 3.99. The average Bonchev–Trinajstić information content (AvgIpc) is 2.59. The van der Waals surface area contributed by atoms with Crippen LogP contribution in [0.15, 0.2) is 54.6 Å². The number of carbonyl (C=O) groups is 2. The van der Waals surface area contributed by atoms with Gasteiger partial charge in [-0.05, 0) is 30.0 Å². The predicted molar refractivity (Wildman–Crippen MR) is 94.1 cm³/mol. The monoisotopic (exact) mass is 325 g/mol. The number of hydrogen-bond acceptors (Lipinski definition) is 2. The van der Waals surface area contributed by atoms with Crippen LogP contribution in [-0.2, 0) is 11.2 Å². The zero-order valence-electron chi connectivity index (χ0n) is 13.9. The Balaban J connectivity index is 2.08. The fourth-order valence-corrected chi connectivity index (χ4v) is 2.68. The Morgan fingerprint density at radius 1 is 1.04 bits per heavy atom. The van der Waals surface area contributed by atoms with Gasteiger partial charge in [0.25, 0.3) is 5.91 Å². The zero-order valence-corrected chi connectivity index (χ0v) is 13.9. The number of benzene rings is 2. The number of rotatable bonds is 8. The van der Waals surface area contributed by atoms with Crippen molar-refractivity contribution in [2.24, 2.45) is 5.92 Å². The fraction of sp³-hybridized carbons (Fsp3) is 0.300. The number of hydrogen-bond donors (Lipinski definition) is 2. The maximum atomic E-state index is 12.5. The third-order valence-corrected chi connectivity index (χ3v) is 3.99. The smallest absolute Gasteiger partial charge is 0.308 e. The maximum Gasteiger partial charge on any atom is 0.308 e. The Bertz CT molecular complexity index is 682. The van der Waals surface area contributed by atoms with Crippen LogP contribution in [0.5, 0.6) is 0 Å². The van der Waals surface area contributed by atoms with Gasteiger partial charge in [0.1, 0.15) is 0 Å². The van der Waals surface area contributed by atoms with E-state index in [1.54, 1.807) is 6.07 Å². The van der Waals surface area contributed by atoms with Crippen LogP contribution in [0.4, 0.5) is 0 Å². The summed E-state index contributed by atoms with van der Waals surface area (Å²) in [5, 5.41) is 12.0. The lowest BCUT2D eigenvalue weighted by Crippen LogP contribution is -2.33. The van der Waals surface area contributed by atoms with Crippen LogP contribution >= 0.6 is 0 Å². The molecule has 24 heavy (non-hydrogen) atoms. The molecule has 0 spiro atoms. The standard InChI is InChI=1S/C20H23NO3/c1-2-8-17(20(23)24)14-21-19(22)18-12-7-6-11-16(18)13-15-9-4-3-5-10-15/h3-7,9-12,17H,2,8,13-14H2,1H3,(H,21,22)(H,23,24). The van der Waals surface area contributed by atoms with Crippen LogP contribution in [0.3, 0.4) is 0 Å². The fourth-order valence-electron chi connectivity index (χ4n) is 2.68. The Morgan fingerprint density at radius 2 is 1.71 bits per heavy atom. The highest BCUT2D eigenvalue weighted by Crippen LogP contribution is 2.15. The minimum atomic E-state index is -0.866. The van der Waals surface area contributed by atoms with Gasteiger partial charge in [-0.2, -0.15) is 0 Å². The first-order valence-electron chi connectivity index (χ1n) is 8.24. The van der Waals surface area contributed by atoms with Crippen molar-refractivity contribution >= 4 is 11.9 Å². The molecule has 0 aliphatic carbocycles. The van der Waals surface area contributed by atoms with Gasteiger partial charge in [-0.1, -0.05) is 61.9 Å². The van der Waals surface area contributed by atoms with E-state index in [4.69, 9.17) is 0 Å². The molecule has 2 N–H and O–H groups in total. The van der Waals surface area contributed by atoms with E-state index < -0.39 is 11.9 Å². The Kier molecular flexibility index (Phi) is 6.55. The molecule has 0 radical (unpaired) electrons. The summed E-state index contributed by atoms with van der Waals surface area (Å²) < 4.78 is 0. The lowest BCUT2D eigenvalue weighted by molar-refractivity contribution is -0.141. The van der Waals surface area contributed by atoms with E-state index in [-0.39, 0.29) is 12.5 Å². The highest BCUT2D eigenvalue weighted by atomic mass is 16.4. The van der Waals surface area contributed by atoms with Crippen molar-refractivity contribution in [3.8, 4) is 0 Å². The molecule has 4 heteroatoms. The van der Waals surface area contributed by atoms with Crippen molar-refractivity contribution in [2.45, 2.75) is 26.2 Å². The van der Waals surface area contributed by atoms with Gasteiger partial charge >= 0.3 is 5.97 Å². The molecule has 4 nitrogen and oxygen atoms in total. The number of aliphatic carboxylic acids is 1. The first-order valence-corrected chi connectivity index (χ1v) is 8.24. The molecule has 0 saturated carbocycles. The highest BCUT2D eigenvalue weighted by Gasteiger charge is 2.18. The van der Waals surface area contributed by atoms with Crippen LogP contribution < -0.4 is 5.32 Å². The molecule has 2 rings (SSSR count). The molecular weight excluding hydrogens is 302 g/mol. The van der Waals surface area contributed by atoms with E-state index in [9.17, 15) is 14.7 Å². The van der Waals surface area contributed by atoms with Crippen molar-refractivity contribution in [1.82, 2.24) is 5.32 Å². The van der Waals surface area contributed by atoms with E-state index in [0.29, 0.717) is 18.4 Å². The van der Waals surface area contributed by atoms with Crippen LogP contribution in [0.25, 0.3) is 0 Å². The summed E-state index contributed by atoms with van der Waals surface area (Å²) >= 11 is 0. The van der Waals surface area contributed by atoms with E-state index in [1.807, 2.05) is 55.5 Å². The predicted octanol–water partition coefficient (Wildman–Crippen LogP) is 3.51. The van der Waals surface area contributed by atoms with Gasteiger partial charge in [0, 0.05) is 12.1 Å². The second-order valence-electron chi connectivity index (χ2n) is 5.85. The molecule has 0 heterocycles. The number of carboxylic acids is 1. The molecule has 2 aromatic rings. The van der Waals surface area contributed by atoms with Gasteiger partial charge in [-0.25, -0.2) is 0 Å². The minimum absolute atomic E-state index is 0.154. The second-order valence-corrected chi connectivity index (χ2v) is 5.85. The summed E-state index contributed by atoms with van der Waals surface area (Å²) in [6, 6.07) is 17.4. The number of nitrogens with one attached hydrogen (secondary N) is 1. The Labute approximate surface area is 142 Å². The van der Waals surface area contributed by atoms with Crippen LogP contribution in [-0.4, -0.2) is 23.5 Å². The summed E-state index contributed by atoms with van der Waals surface area (Å²) in [5.41, 5.74) is 2.66. The molecule has 0 bridgehead atoms. The summed E-state index contributed by atoms with van der Waals surface area (Å²) in [6.45, 7) is 2.09. The van der Waals surface area contributed by atoms with Crippen LogP contribution in [0.2, 0.25) is 0 Å². The van der Waals surface area contributed by atoms with Crippen molar-refractivity contribution < 1.29 is 14.7 Å². The molecule has 1 unspecified atom stereocenters. The van der Waals surface area contributed by atoms with Crippen molar-refractivity contribution in [3.63, 3.8) is 0 Å². The van der Waals surface area contributed by atoms with Gasteiger partial charge in [-0.15, -0.1) is 0 Å². The van der Waals surface area contributed by atoms with Crippen LogP contribution in [0, 0.1) is 5.92 Å². The minimum Gasteiger partial charge on any atom is -0.481 e.